The lowest BCUT2D eigenvalue weighted by molar-refractivity contribution is 1.13. The minimum atomic E-state index is -0.212. The summed E-state index contributed by atoms with van der Waals surface area (Å²) in [6.07, 6.45) is 0. The van der Waals surface area contributed by atoms with Crippen molar-refractivity contribution < 1.29 is 0 Å². The molecule has 0 unspecified atom stereocenters. The molecule has 2 aromatic heterocycles. The summed E-state index contributed by atoms with van der Waals surface area (Å²) in [6.45, 7) is -0.212. The van der Waals surface area contributed by atoms with Crippen molar-refractivity contribution in [3.63, 3.8) is 0 Å². The summed E-state index contributed by atoms with van der Waals surface area (Å²) < 4.78 is 4.61. The highest BCUT2D eigenvalue weighted by atomic mass is 15.1. The first-order valence-electron chi connectivity index (χ1n) is 20.9. The highest BCUT2D eigenvalue weighted by Gasteiger charge is 2.44. The van der Waals surface area contributed by atoms with E-state index < -0.39 is 0 Å². The van der Waals surface area contributed by atoms with Gasteiger partial charge in [0.15, 0.2) is 0 Å². The van der Waals surface area contributed by atoms with Crippen molar-refractivity contribution in [3.05, 3.63) is 199 Å². The zero-order valence-electron chi connectivity index (χ0n) is 33.3. The van der Waals surface area contributed by atoms with E-state index in [0.717, 1.165) is 99.5 Å². The molecule has 6 heteroatoms. The maximum Gasteiger partial charge on any atom is 0.252 e. The number of hydrogen-bond acceptors (Lipinski definition) is 3. The molecule has 0 spiro atoms. The Morgan fingerprint density at radius 3 is 1.45 bits per heavy atom. The largest absolute Gasteiger partial charge is 0.353 e. The summed E-state index contributed by atoms with van der Waals surface area (Å²) in [7, 11) is 0. The molecule has 4 heterocycles. The van der Waals surface area contributed by atoms with Crippen LogP contribution in [0.4, 0.5) is 11.4 Å². The Morgan fingerprint density at radius 1 is 0.419 bits per heavy atom. The lowest BCUT2D eigenvalue weighted by Crippen LogP contribution is -2.60. The van der Waals surface area contributed by atoms with Crippen molar-refractivity contribution >= 4 is 78.1 Å². The third-order valence-corrected chi connectivity index (χ3v) is 13.2. The van der Waals surface area contributed by atoms with Crippen LogP contribution in [-0.4, -0.2) is 15.8 Å². The van der Waals surface area contributed by atoms with Crippen molar-refractivity contribution in [1.29, 1.82) is 10.5 Å². The van der Waals surface area contributed by atoms with Crippen LogP contribution in [0.15, 0.2) is 188 Å². The molecular formula is C56H32BN5. The Morgan fingerprint density at radius 2 is 0.887 bits per heavy atom. The van der Waals surface area contributed by atoms with Gasteiger partial charge in [0.1, 0.15) is 23.3 Å². The minimum Gasteiger partial charge on any atom is -0.353 e. The summed E-state index contributed by atoms with van der Waals surface area (Å²) in [5.74, 6) is 0. The molecule has 0 amide bonds. The van der Waals surface area contributed by atoms with Gasteiger partial charge in [-0.05, 0) is 74.5 Å². The van der Waals surface area contributed by atoms with Gasteiger partial charge in [0.25, 0.3) is 6.71 Å². The van der Waals surface area contributed by atoms with E-state index in [1.54, 1.807) is 0 Å². The van der Waals surface area contributed by atoms with Gasteiger partial charge in [-0.2, -0.15) is 10.5 Å². The first-order valence-corrected chi connectivity index (χ1v) is 20.9. The monoisotopic (exact) mass is 785 g/mol. The molecule has 0 fully saturated rings. The van der Waals surface area contributed by atoms with E-state index in [2.05, 4.69) is 203 Å². The number of hydrogen-bond donors (Lipinski definition) is 1. The average molecular weight is 786 g/mol. The van der Waals surface area contributed by atoms with Crippen LogP contribution in [0, 0.1) is 22.7 Å². The summed E-state index contributed by atoms with van der Waals surface area (Å²) in [5.41, 5.74) is 17.7. The van der Waals surface area contributed by atoms with Crippen molar-refractivity contribution in [3.8, 4) is 56.9 Å². The van der Waals surface area contributed by atoms with E-state index in [4.69, 9.17) is 0 Å². The van der Waals surface area contributed by atoms with Crippen LogP contribution in [0.2, 0.25) is 0 Å². The number of fused-ring (bicyclic) bond motifs is 10. The van der Waals surface area contributed by atoms with E-state index in [9.17, 15) is 10.5 Å². The van der Waals surface area contributed by atoms with Gasteiger partial charge in [-0.25, -0.2) is 0 Å². The van der Waals surface area contributed by atoms with Crippen LogP contribution in [0.1, 0.15) is 11.1 Å². The Labute approximate surface area is 357 Å². The maximum atomic E-state index is 11.7. The van der Waals surface area contributed by atoms with Crippen molar-refractivity contribution in [1.82, 2.24) is 9.13 Å². The summed E-state index contributed by atoms with van der Waals surface area (Å²) in [4.78, 5) is 0. The Balaban J connectivity index is 1.15. The van der Waals surface area contributed by atoms with Gasteiger partial charge in [0.05, 0.1) is 28.1 Å². The molecule has 0 bridgehead atoms. The quantitative estimate of drug-likeness (QED) is 0.177. The number of anilines is 2. The SMILES string of the molecule is N#Cc1c(Nc2ccc(-c3ccccc3)cc2-c2cccc(-c3ccccc3)c2)c(C#N)c2c3c1-n1c4ccccc4c4cccc(c41)B3c1cccc3c4ccccc4n-2c13. The lowest BCUT2D eigenvalue weighted by Gasteiger charge is -2.35. The standard InChI is InChI=1S/C56H32BN5/c58-32-44-52(60-48-29-28-37(35-16-5-2-6-17-35)31-43(48)38-19-11-18-36(30-38)34-14-3-1-4-15-34)45(33-59)56-51-55(44)61-49-26-9-7-20-39(49)41-22-12-24-46(53(41)61)57(51)47-25-13-23-42-40-21-8-10-27-50(40)62(56)54(42)47/h1-31,60H. The third kappa shape index (κ3) is 4.61. The maximum absolute atomic E-state index is 11.7. The van der Waals surface area contributed by atoms with Gasteiger partial charge < -0.3 is 14.5 Å². The van der Waals surface area contributed by atoms with E-state index in [-0.39, 0.29) is 6.71 Å². The molecule has 0 saturated carbocycles. The van der Waals surface area contributed by atoms with Crippen LogP contribution in [0.25, 0.3) is 88.4 Å². The van der Waals surface area contributed by atoms with Gasteiger partial charge in [0.2, 0.25) is 0 Å². The van der Waals surface area contributed by atoms with Gasteiger partial charge in [0, 0.05) is 43.8 Å². The zero-order chi connectivity index (χ0) is 41.1. The molecule has 284 valence electrons. The number of nitrogens with zero attached hydrogens (tertiary/aromatic N) is 4. The molecule has 5 nitrogen and oxygen atoms in total. The van der Waals surface area contributed by atoms with Gasteiger partial charge >= 0.3 is 0 Å². The average Bonchev–Trinajstić information content (AvgIpc) is 3.86. The Kier molecular flexibility index (Phi) is 7.17. The Hall–Kier alpha value is -8.58. The first-order chi connectivity index (χ1) is 30.7. The van der Waals surface area contributed by atoms with E-state index in [1.807, 2.05) is 12.1 Å². The highest BCUT2D eigenvalue weighted by Crippen LogP contribution is 2.45. The fraction of sp³-hybridized carbons (Fsp3) is 0. The summed E-state index contributed by atoms with van der Waals surface area (Å²) in [6, 6.07) is 71.4. The fourth-order valence-corrected chi connectivity index (χ4v) is 10.7. The molecule has 2 aliphatic heterocycles. The highest BCUT2D eigenvalue weighted by molar-refractivity contribution is 7.00. The van der Waals surface area contributed by atoms with Crippen LogP contribution < -0.4 is 21.7 Å². The molecule has 0 aliphatic carbocycles. The summed E-state index contributed by atoms with van der Waals surface area (Å²) >= 11 is 0. The molecule has 62 heavy (non-hydrogen) atoms. The van der Waals surface area contributed by atoms with Crippen molar-refractivity contribution in [2.75, 3.05) is 5.32 Å². The van der Waals surface area contributed by atoms with Gasteiger partial charge in [-0.3, -0.25) is 0 Å². The van der Waals surface area contributed by atoms with Crippen molar-refractivity contribution in [2.45, 2.75) is 0 Å². The van der Waals surface area contributed by atoms with Gasteiger partial charge in [-0.1, -0.05) is 158 Å². The van der Waals surface area contributed by atoms with Crippen LogP contribution in [-0.2, 0) is 0 Å². The number of rotatable bonds is 5. The van der Waals surface area contributed by atoms with E-state index in [0.29, 0.717) is 16.8 Å². The van der Waals surface area contributed by atoms with Crippen LogP contribution in [0.3, 0.4) is 0 Å². The van der Waals surface area contributed by atoms with Crippen LogP contribution in [0.5, 0.6) is 0 Å². The Bertz CT molecular complexity index is 3650. The number of para-hydroxylation sites is 4. The molecule has 2 aliphatic rings. The number of benzene rings is 9. The number of nitriles is 2. The predicted molar refractivity (Wildman–Crippen MR) is 255 cm³/mol. The molecule has 9 aromatic carbocycles. The smallest absolute Gasteiger partial charge is 0.252 e. The second kappa shape index (κ2) is 13.0. The fourth-order valence-electron chi connectivity index (χ4n) is 10.7. The zero-order valence-corrected chi connectivity index (χ0v) is 33.3. The van der Waals surface area contributed by atoms with E-state index in [1.165, 1.54) is 10.9 Å². The van der Waals surface area contributed by atoms with E-state index >= 15 is 0 Å². The first kappa shape index (κ1) is 34.3. The minimum absolute atomic E-state index is 0.212. The molecule has 0 atom stereocenters. The van der Waals surface area contributed by atoms with Crippen LogP contribution >= 0.6 is 0 Å². The molecule has 13 rings (SSSR count). The molecule has 11 aromatic rings. The lowest BCUT2D eigenvalue weighted by atomic mass is 9.34. The predicted octanol–water partition coefficient (Wildman–Crippen LogP) is 11.5. The normalized spacial score (nSPS) is 12.1. The molecule has 1 N–H and O–H groups in total. The number of nitrogens with one attached hydrogen (secondary N) is 1. The second-order valence-corrected chi connectivity index (χ2v) is 16.3. The topological polar surface area (TPSA) is 69.5 Å². The molecule has 0 saturated heterocycles. The van der Waals surface area contributed by atoms with Crippen molar-refractivity contribution in [2.24, 2.45) is 0 Å². The molecule has 0 radical (unpaired) electrons. The number of aromatic nitrogens is 2. The van der Waals surface area contributed by atoms with Gasteiger partial charge in [-0.15, -0.1) is 0 Å². The molecular weight excluding hydrogens is 753 g/mol. The summed E-state index contributed by atoms with van der Waals surface area (Å²) in [5, 5.41) is 31.7. The second-order valence-electron chi connectivity index (χ2n) is 16.3. The third-order valence-electron chi connectivity index (χ3n) is 13.2.